The summed E-state index contributed by atoms with van der Waals surface area (Å²) in [6.45, 7) is 9.68. The van der Waals surface area contributed by atoms with Gasteiger partial charge in [0, 0.05) is 63.5 Å². The van der Waals surface area contributed by atoms with E-state index in [1.54, 1.807) is 4.31 Å². The number of para-hydroxylation sites is 1. The van der Waals surface area contributed by atoms with Crippen molar-refractivity contribution in [3.8, 4) is 0 Å². The minimum absolute atomic E-state index is 0.0698. The lowest BCUT2D eigenvalue weighted by Gasteiger charge is -2.39. The molecule has 0 radical (unpaired) electrons. The third kappa shape index (κ3) is 6.67. The predicted molar refractivity (Wildman–Crippen MR) is 126 cm³/mol. The quantitative estimate of drug-likeness (QED) is 0.624. The highest BCUT2D eigenvalue weighted by Gasteiger charge is 2.31. The monoisotopic (exact) mass is 450 g/mol. The Balaban J connectivity index is 1.37. The van der Waals surface area contributed by atoms with E-state index in [0.29, 0.717) is 38.9 Å². The Hall–Kier alpha value is -1.64. The smallest absolute Gasteiger partial charge is 0.223 e. The van der Waals surface area contributed by atoms with Gasteiger partial charge in [0.2, 0.25) is 15.9 Å². The molecule has 1 aromatic carbocycles. The second-order valence-electron chi connectivity index (χ2n) is 8.80. The number of anilines is 1. The molecule has 2 aliphatic heterocycles. The summed E-state index contributed by atoms with van der Waals surface area (Å²) in [4.78, 5) is 17.5. The van der Waals surface area contributed by atoms with Gasteiger partial charge in [-0.25, -0.2) is 12.7 Å². The highest BCUT2D eigenvalue weighted by Crippen LogP contribution is 2.21. The highest BCUT2D eigenvalue weighted by molar-refractivity contribution is 7.89. The third-order valence-electron chi connectivity index (χ3n) is 6.60. The van der Waals surface area contributed by atoms with Crippen LogP contribution in [0.5, 0.6) is 0 Å². The van der Waals surface area contributed by atoms with E-state index >= 15 is 0 Å². The molecule has 1 N–H and O–H groups in total. The molecule has 0 saturated carbocycles. The Morgan fingerprint density at radius 1 is 1.06 bits per heavy atom. The van der Waals surface area contributed by atoms with Crippen molar-refractivity contribution in [3.05, 3.63) is 30.3 Å². The lowest BCUT2D eigenvalue weighted by atomic mass is 9.97. The standard InChI is InChI=1S/C23H38N4O3S/c1-3-4-18-31(29,30)27-12-10-21(11-13-27)23(28)24-19-20(2)25-14-16-26(17-15-25)22-8-6-5-7-9-22/h5-9,20-21H,3-4,10-19H2,1-2H3,(H,24,28). The van der Waals surface area contributed by atoms with Crippen LogP contribution >= 0.6 is 0 Å². The minimum Gasteiger partial charge on any atom is -0.369 e. The van der Waals surface area contributed by atoms with Crippen LogP contribution in [0, 0.1) is 5.92 Å². The zero-order chi connectivity index (χ0) is 22.3. The largest absolute Gasteiger partial charge is 0.369 e. The second kappa shape index (κ2) is 11.3. The first kappa shape index (κ1) is 24.0. The van der Waals surface area contributed by atoms with Crippen LogP contribution in [0.3, 0.4) is 0 Å². The number of nitrogens with zero attached hydrogens (tertiary/aromatic N) is 3. The summed E-state index contributed by atoms with van der Waals surface area (Å²) in [5.74, 6) is 0.204. The Kier molecular flexibility index (Phi) is 8.75. The van der Waals surface area contributed by atoms with Crippen LogP contribution in [0.2, 0.25) is 0 Å². The molecule has 2 saturated heterocycles. The molecule has 174 valence electrons. The number of benzene rings is 1. The molecule has 1 unspecified atom stereocenters. The van der Waals surface area contributed by atoms with E-state index in [9.17, 15) is 13.2 Å². The van der Waals surface area contributed by atoms with Crippen molar-refractivity contribution in [2.75, 3.05) is 56.5 Å². The lowest BCUT2D eigenvalue weighted by Crippen LogP contribution is -2.53. The van der Waals surface area contributed by atoms with Crippen molar-refractivity contribution in [1.82, 2.24) is 14.5 Å². The van der Waals surface area contributed by atoms with Crippen LogP contribution in [0.1, 0.15) is 39.5 Å². The Labute approximate surface area is 187 Å². The normalized spacial score (nSPS) is 20.5. The van der Waals surface area contributed by atoms with Crippen LogP contribution in [0.4, 0.5) is 5.69 Å². The van der Waals surface area contributed by atoms with Crippen molar-refractivity contribution in [2.24, 2.45) is 5.92 Å². The summed E-state index contributed by atoms with van der Waals surface area (Å²) in [7, 11) is -3.17. The van der Waals surface area contributed by atoms with Crippen molar-refractivity contribution < 1.29 is 13.2 Å². The van der Waals surface area contributed by atoms with Gasteiger partial charge in [-0.2, -0.15) is 0 Å². The molecule has 0 spiro atoms. The van der Waals surface area contributed by atoms with E-state index in [1.165, 1.54) is 5.69 Å². The fraction of sp³-hybridized carbons (Fsp3) is 0.696. The minimum atomic E-state index is -3.17. The van der Waals surface area contributed by atoms with Crippen molar-refractivity contribution in [1.29, 1.82) is 0 Å². The molecule has 1 amide bonds. The number of nitrogens with one attached hydrogen (secondary N) is 1. The van der Waals surface area contributed by atoms with Gasteiger partial charge in [0.05, 0.1) is 5.75 Å². The average Bonchev–Trinajstić information content (AvgIpc) is 2.81. The van der Waals surface area contributed by atoms with E-state index in [4.69, 9.17) is 0 Å². The van der Waals surface area contributed by atoms with Crippen molar-refractivity contribution in [2.45, 2.75) is 45.6 Å². The van der Waals surface area contributed by atoms with Crippen LogP contribution in [-0.4, -0.2) is 81.1 Å². The Morgan fingerprint density at radius 2 is 1.71 bits per heavy atom. The maximum atomic E-state index is 12.6. The Morgan fingerprint density at radius 3 is 2.32 bits per heavy atom. The molecule has 8 heteroatoms. The molecule has 7 nitrogen and oxygen atoms in total. The number of unbranched alkanes of at least 4 members (excludes halogenated alkanes) is 1. The van der Waals surface area contributed by atoms with E-state index in [-0.39, 0.29) is 23.6 Å². The summed E-state index contributed by atoms with van der Waals surface area (Å²) < 4.78 is 26.3. The number of carbonyl (C=O) groups is 1. The molecule has 3 rings (SSSR count). The number of piperazine rings is 1. The number of hydrogen-bond acceptors (Lipinski definition) is 5. The summed E-state index contributed by atoms with van der Waals surface area (Å²) in [6, 6.07) is 10.8. The molecule has 2 heterocycles. The summed E-state index contributed by atoms with van der Waals surface area (Å²) in [5, 5.41) is 3.12. The second-order valence-corrected chi connectivity index (χ2v) is 10.9. The van der Waals surface area contributed by atoms with Crippen LogP contribution in [0.25, 0.3) is 0 Å². The van der Waals surface area contributed by atoms with Crippen molar-refractivity contribution >= 4 is 21.6 Å². The van der Waals surface area contributed by atoms with Gasteiger partial charge >= 0.3 is 0 Å². The molecule has 1 atom stereocenters. The van der Waals surface area contributed by atoms with Gasteiger partial charge in [0.15, 0.2) is 0 Å². The maximum absolute atomic E-state index is 12.6. The summed E-state index contributed by atoms with van der Waals surface area (Å²) in [5.41, 5.74) is 1.27. The average molecular weight is 451 g/mol. The molecule has 0 bridgehead atoms. The van der Waals surface area contributed by atoms with E-state index in [0.717, 1.165) is 32.6 Å². The van der Waals surface area contributed by atoms with Gasteiger partial charge < -0.3 is 10.2 Å². The van der Waals surface area contributed by atoms with Gasteiger partial charge in [-0.3, -0.25) is 9.69 Å². The Bertz CT molecular complexity index is 786. The molecular weight excluding hydrogens is 412 g/mol. The summed E-state index contributed by atoms with van der Waals surface area (Å²) in [6.07, 6.45) is 2.79. The SMILES string of the molecule is CCCCS(=O)(=O)N1CCC(C(=O)NCC(C)N2CCN(c3ccccc3)CC2)CC1. The lowest BCUT2D eigenvalue weighted by molar-refractivity contribution is -0.126. The van der Waals surface area contributed by atoms with Gasteiger partial charge in [-0.05, 0) is 38.3 Å². The van der Waals surface area contributed by atoms with Crippen LogP contribution in [-0.2, 0) is 14.8 Å². The maximum Gasteiger partial charge on any atom is 0.223 e. The van der Waals surface area contributed by atoms with E-state index in [2.05, 4.69) is 46.3 Å². The third-order valence-corrected chi connectivity index (χ3v) is 8.56. The number of piperidine rings is 1. The molecule has 0 aromatic heterocycles. The van der Waals surface area contributed by atoms with Gasteiger partial charge in [-0.1, -0.05) is 31.5 Å². The van der Waals surface area contributed by atoms with E-state index in [1.807, 2.05) is 13.0 Å². The van der Waals surface area contributed by atoms with Gasteiger partial charge in [-0.15, -0.1) is 0 Å². The van der Waals surface area contributed by atoms with Crippen LogP contribution in [0.15, 0.2) is 30.3 Å². The molecule has 0 aliphatic carbocycles. The first-order valence-electron chi connectivity index (χ1n) is 11.7. The first-order valence-corrected chi connectivity index (χ1v) is 13.3. The fourth-order valence-electron chi connectivity index (χ4n) is 4.43. The number of hydrogen-bond donors (Lipinski definition) is 1. The molecule has 31 heavy (non-hydrogen) atoms. The first-order chi connectivity index (χ1) is 14.9. The predicted octanol–water partition coefficient (Wildman–Crippen LogP) is 2.16. The van der Waals surface area contributed by atoms with Crippen molar-refractivity contribution in [3.63, 3.8) is 0 Å². The number of amides is 1. The number of sulfonamides is 1. The molecule has 2 fully saturated rings. The molecule has 1 aromatic rings. The zero-order valence-electron chi connectivity index (χ0n) is 19.0. The van der Waals surface area contributed by atoms with Gasteiger partial charge in [0.25, 0.3) is 0 Å². The van der Waals surface area contributed by atoms with Crippen LogP contribution < -0.4 is 10.2 Å². The number of carbonyl (C=O) groups excluding carboxylic acids is 1. The zero-order valence-corrected chi connectivity index (χ0v) is 19.8. The highest BCUT2D eigenvalue weighted by atomic mass is 32.2. The fourth-order valence-corrected chi connectivity index (χ4v) is 6.11. The topological polar surface area (TPSA) is 73.0 Å². The van der Waals surface area contributed by atoms with Gasteiger partial charge in [0.1, 0.15) is 0 Å². The molecule has 2 aliphatic rings. The van der Waals surface area contributed by atoms with E-state index < -0.39 is 10.0 Å². The molecular formula is C23H38N4O3S. The number of rotatable bonds is 9. The summed E-state index contributed by atoms with van der Waals surface area (Å²) >= 11 is 0.